The summed E-state index contributed by atoms with van der Waals surface area (Å²) in [6, 6.07) is 17.2. The molecule has 0 spiro atoms. The SMILES string of the molecule is COCCS(=O)c1scnc1Cn1c(=O)c(N(C)c2ccccc2)cc2cnc(Nc3ccc(N4CCNCC4)c(Cl)c3)nc21. The minimum absolute atomic E-state index is 0.0883. The standard InChI is InChI=1S/C31H33ClN8O3S2/c1-38(23-6-4-3-5-7-23)27-16-21-18-34-31(36-22-8-9-26(24(32)17-22)39-12-10-33-11-13-39)37-28(21)40(29(27)41)19-25-30(44-20-35-25)45(42)15-14-43-2/h3-9,16-18,20,33H,10-15,19H2,1-2H3,(H,34,36,37). The molecule has 0 aliphatic carbocycles. The highest BCUT2D eigenvalue weighted by Crippen LogP contribution is 2.31. The summed E-state index contributed by atoms with van der Waals surface area (Å²) < 4.78 is 20.4. The average Bonchev–Trinajstić information content (AvgIpc) is 3.54. The van der Waals surface area contributed by atoms with Crippen molar-refractivity contribution in [2.45, 2.75) is 10.8 Å². The third-order valence-electron chi connectivity index (χ3n) is 7.57. The maximum Gasteiger partial charge on any atom is 0.276 e. The van der Waals surface area contributed by atoms with Crippen LogP contribution in [0.1, 0.15) is 5.69 Å². The smallest absolute Gasteiger partial charge is 0.276 e. The summed E-state index contributed by atoms with van der Waals surface area (Å²) >= 11 is 7.99. The molecule has 1 unspecified atom stereocenters. The van der Waals surface area contributed by atoms with Gasteiger partial charge in [0.05, 0.1) is 51.6 Å². The topological polar surface area (TPSA) is 118 Å². The third kappa shape index (κ3) is 6.87. The lowest BCUT2D eigenvalue weighted by Crippen LogP contribution is -2.43. The number of fused-ring (bicyclic) bond motifs is 1. The first-order valence-electron chi connectivity index (χ1n) is 14.4. The Morgan fingerprint density at radius 2 is 1.93 bits per heavy atom. The van der Waals surface area contributed by atoms with Crippen LogP contribution in [-0.4, -0.2) is 76.4 Å². The number of hydrogen-bond acceptors (Lipinski definition) is 11. The van der Waals surface area contributed by atoms with Gasteiger partial charge in [-0.05, 0) is 36.4 Å². The Morgan fingerprint density at radius 1 is 1.13 bits per heavy atom. The number of thiazole rings is 1. The fourth-order valence-electron chi connectivity index (χ4n) is 5.21. The van der Waals surface area contributed by atoms with E-state index in [0.29, 0.717) is 50.0 Å². The first-order valence-corrected chi connectivity index (χ1v) is 17.0. The van der Waals surface area contributed by atoms with Crippen molar-refractivity contribution in [1.82, 2.24) is 24.8 Å². The number of hydrogen-bond donors (Lipinski definition) is 2. The van der Waals surface area contributed by atoms with Gasteiger partial charge in [-0.1, -0.05) is 29.8 Å². The van der Waals surface area contributed by atoms with Gasteiger partial charge in [-0.3, -0.25) is 13.6 Å². The maximum atomic E-state index is 14.2. The highest BCUT2D eigenvalue weighted by Gasteiger charge is 2.20. The van der Waals surface area contributed by atoms with Crippen molar-refractivity contribution in [3.63, 3.8) is 0 Å². The summed E-state index contributed by atoms with van der Waals surface area (Å²) in [6.45, 7) is 4.05. The molecule has 2 N–H and O–H groups in total. The molecule has 11 nitrogen and oxygen atoms in total. The lowest BCUT2D eigenvalue weighted by atomic mass is 10.2. The van der Waals surface area contributed by atoms with Crippen molar-refractivity contribution in [1.29, 1.82) is 0 Å². The van der Waals surface area contributed by atoms with Crippen LogP contribution in [0.2, 0.25) is 5.02 Å². The van der Waals surface area contributed by atoms with Gasteiger partial charge in [-0.15, -0.1) is 11.3 Å². The van der Waals surface area contributed by atoms with E-state index in [9.17, 15) is 9.00 Å². The number of nitrogens with zero attached hydrogens (tertiary/aromatic N) is 6. The van der Waals surface area contributed by atoms with Gasteiger partial charge in [0.25, 0.3) is 5.56 Å². The molecule has 4 heterocycles. The van der Waals surface area contributed by atoms with Crippen molar-refractivity contribution in [3.05, 3.63) is 87.4 Å². The first-order chi connectivity index (χ1) is 21.9. The number of methoxy groups -OCH3 is 1. The number of halogens is 1. The van der Waals surface area contributed by atoms with Gasteiger partial charge in [-0.25, -0.2) is 9.97 Å². The molecule has 45 heavy (non-hydrogen) atoms. The van der Waals surface area contributed by atoms with Gasteiger partial charge >= 0.3 is 0 Å². The number of nitrogens with one attached hydrogen (secondary N) is 2. The molecule has 1 aliphatic heterocycles. The molecule has 3 aromatic heterocycles. The van der Waals surface area contributed by atoms with Crippen LogP contribution in [0.4, 0.5) is 28.7 Å². The maximum absolute atomic E-state index is 14.2. The summed E-state index contributed by atoms with van der Waals surface area (Å²) in [4.78, 5) is 32.1. The largest absolute Gasteiger partial charge is 0.384 e. The van der Waals surface area contributed by atoms with E-state index >= 15 is 0 Å². The zero-order chi connectivity index (χ0) is 31.3. The molecule has 2 aromatic carbocycles. The van der Waals surface area contributed by atoms with E-state index < -0.39 is 10.8 Å². The predicted octanol–water partition coefficient (Wildman–Crippen LogP) is 4.62. The number of benzene rings is 2. The van der Waals surface area contributed by atoms with E-state index in [1.165, 1.54) is 11.3 Å². The monoisotopic (exact) mass is 664 g/mol. The van der Waals surface area contributed by atoms with Crippen LogP contribution in [-0.2, 0) is 22.1 Å². The average molecular weight is 665 g/mol. The minimum Gasteiger partial charge on any atom is -0.384 e. The Morgan fingerprint density at radius 3 is 2.69 bits per heavy atom. The number of para-hydroxylation sites is 1. The molecule has 6 rings (SSSR count). The zero-order valence-corrected chi connectivity index (χ0v) is 27.3. The van der Waals surface area contributed by atoms with Crippen LogP contribution in [0.15, 0.2) is 75.3 Å². The number of pyridine rings is 1. The molecule has 1 atom stereocenters. The Balaban J connectivity index is 1.39. The fourth-order valence-corrected chi connectivity index (χ4v) is 7.73. The Bertz CT molecular complexity index is 1880. The third-order valence-corrected chi connectivity index (χ3v) is 10.6. The van der Waals surface area contributed by atoms with Crippen LogP contribution >= 0.6 is 22.9 Å². The van der Waals surface area contributed by atoms with Crippen molar-refractivity contribution in [2.24, 2.45) is 0 Å². The summed E-state index contributed by atoms with van der Waals surface area (Å²) in [5.74, 6) is 0.651. The van der Waals surface area contributed by atoms with E-state index in [-0.39, 0.29) is 12.1 Å². The lowest BCUT2D eigenvalue weighted by molar-refractivity contribution is 0.218. The van der Waals surface area contributed by atoms with E-state index in [0.717, 1.165) is 43.2 Å². The number of piperazine rings is 1. The van der Waals surface area contributed by atoms with Crippen LogP contribution in [0, 0.1) is 0 Å². The Labute approximate surface area is 272 Å². The van der Waals surface area contributed by atoms with Crippen LogP contribution in [0.25, 0.3) is 11.0 Å². The van der Waals surface area contributed by atoms with Gasteiger partial charge in [-0.2, -0.15) is 4.98 Å². The van der Waals surface area contributed by atoms with Gasteiger partial charge in [0.1, 0.15) is 15.5 Å². The molecule has 1 aliphatic rings. The van der Waals surface area contributed by atoms with Crippen LogP contribution in [0.3, 0.4) is 0 Å². The molecule has 0 radical (unpaired) electrons. The highest BCUT2D eigenvalue weighted by molar-refractivity contribution is 7.87. The second kappa shape index (κ2) is 14.0. The molecular weight excluding hydrogens is 632 g/mol. The molecule has 5 aromatic rings. The van der Waals surface area contributed by atoms with Gasteiger partial charge in [0.2, 0.25) is 5.95 Å². The van der Waals surface area contributed by atoms with E-state index in [2.05, 4.69) is 25.5 Å². The van der Waals surface area contributed by atoms with Gasteiger partial charge < -0.3 is 25.2 Å². The normalized spacial score (nSPS) is 14.1. The zero-order valence-electron chi connectivity index (χ0n) is 24.9. The second-order valence-electron chi connectivity index (χ2n) is 10.4. The lowest BCUT2D eigenvalue weighted by Gasteiger charge is -2.30. The Hall–Kier alpha value is -3.88. The van der Waals surface area contributed by atoms with Crippen molar-refractivity contribution in [2.75, 3.05) is 67.8 Å². The summed E-state index contributed by atoms with van der Waals surface area (Å²) in [5.41, 5.74) is 5.38. The van der Waals surface area contributed by atoms with Crippen molar-refractivity contribution >= 4 is 73.5 Å². The molecule has 0 amide bonds. The molecule has 14 heteroatoms. The van der Waals surface area contributed by atoms with Crippen molar-refractivity contribution < 1.29 is 8.95 Å². The number of aromatic nitrogens is 4. The molecule has 0 saturated carbocycles. The quantitative estimate of drug-likeness (QED) is 0.207. The molecule has 1 saturated heterocycles. The van der Waals surface area contributed by atoms with Gasteiger partial charge in [0.15, 0.2) is 0 Å². The first kappa shape index (κ1) is 31.1. The molecule has 1 fully saturated rings. The van der Waals surface area contributed by atoms with E-state index in [1.807, 2.05) is 60.5 Å². The fraction of sp³-hybridized carbons (Fsp3) is 0.290. The minimum atomic E-state index is -1.32. The molecular formula is C31H33ClN8O3S2. The highest BCUT2D eigenvalue weighted by atomic mass is 35.5. The summed E-state index contributed by atoms with van der Waals surface area (Å²) in [5, 5.41) is 7.90. The van der Waals surface area contributed by atoms with Crippen molar-refractivity contribution in [3.8, 4) is 0 Å². The Kier molecular flexibility index (Phi) is 9.71. The van der Waals surface area contributed by atoms with E-state index in [1.54, 1.807) is 29.5 Å². The summed E-state index contributed by atoms with van der Waals surface area (Å²) in [6.07, 6.45) is 1.69. The molecule has 0 bridgehead atoms. The van der Waals surface area contributed by atoms with Crippen LogP contribution in [0.5, 0.6) is 0 Å². The summed E-state index contributed by atoms with van der Waals surface area (Å²) in [7, 11) is 2.10. The number of anilines is 5. The van der Waals surface area contributed by atoms with Crippen LogP contribution < -0.4 is 26.0 Å². The predicted molar refractivity (Wildman–Crippen MR) is 182 cm³/mol. The number of ether oxygens (including phenoxy) is 1. The van der Waals surface area contributed by atoms with Gasteiger partial charge in [0, 0.05) is 63.3 Å². The molecule has 234 valence electrons. The van der Waals surface area contributed by atoms with E-state index in [4.69, 9.17) is 21.3 Å². The second-order valence-corrected chi connectivity index (χ2v) is 13.5. The number of rotatable bonds is 11.